The van der Waals surface area contributed by atoms with Gasteiger partial charge in [-0.3, -0.25) is 4.90 Å². The lowest BCUT2D eigenvalue weighted by Gasteiger charge is -2.27. The summed E-state index contributed by atoms with van der Waals surface area (Å²) in [5, 5.41) is 5.44. The minimum absolute atomic E-state index is 0.154. The molecule has 1 aromatic carbocycles. The number of urea groups is 1. The van der Waals surface area contributed by atoms with E-state index >= 15 is 0 Å². The Hall–Kier alpha value is -1.68. The highest BCUT2D eigenvalue weighted by Gasteiger charge is 2.13. The molecule has 24 heavy (non-hydrogen) atoms. The summed E-state index contributed by atoms with van der Waals surface area (Å²) in [6, 6.07) is 7.28. The summed E-state index contributed by atoms with van der Waals surface area (Å²) < 4.78 is 29.6. The van der Waals surface area contributed by atoms with Gasteiger partial charge in [-0.2, -0.15) is 0 Å². The second-order valence-corrected chi connectivity index (χ2v) is 7.43. The summed E-state index contributed by atoms with van der Waals surface area (Å²) in [4.78, 5) is 14.2. The molecular formula is C15H24N4O4S. The van der Waals surface area contributed by atoms with Gasteiger partial charge in [0.05, 0.1) is 19.5 Å². The van der Waals surface area contributed by atoms with Crippen LogP contribution in [0.25, 0.3) is 0 Å². The van der Waals surface area contributed by atoms with E-state index in [1.807, 2.05) is 24.3 Å². The van der Waals surface area contributed by atoms with E-state index in [2.05, 4.69) is 20.3 Å². The summed E-state index contributed by atoms with van der Waals surface area (Å²) in [5.74, 6) is 0. The van der Waals surface area contributed by atoms with Crippen LogP contribution >= 0.6 is 0 Å². The van der Waals surface area contributed by atoms with Crippen molar-refractivity contribution in [1.29, 1.82) is 0 Å². The summed E-state index contributed by atoms with van der Waals surface area (Å²) in [6.07, 6.45) is 1.08. The van der Waals surface area contributed by atoms with E-state index in [1.165, 1.54) is 0 Å². The molecule has 1 aliphatic heterocycles. The molecule has 134 valence electrons. The van der Waals surface area contributed by atoms with Crippen molar-refractivity contribution in [1.82, 2.24) is 14.9 Å². The van der Waals surface area contributed by atoms with Gasteiger partial charge < -0.3 is 15.4 Å². The van der Waals surface area contributed by atoms with Gasteiger partial charge in [0.2, 0.25) is 10.0 Å². The van der Waals surface area contributed by atoms with Crippen LogP contribution in [-0.2, 0) is 21.3 Å². The highest BCUT2D eigenvalue weighted by molar-refractivity contribution is 7.88. The highest BCUT2D eigenvalue weighted by atomic mass is 32.2. The first kappa shape index (κ1) is 18.7. The number of carbonyl (C=O) groups excluding carboxylic acids is 1. The number of nitrogens with zero attached hydrogens (tertiary/aromatic N) is 1. The van der Waals surface area contributed by atoms with Crippen LogP contribution in [0.3, 0.4) is 0 Å². The SMILES string of the molecule is CS(=O)(=O)NCCNC(=O)Nc1ccccc1CN1CCOCC1. The molecule has 0 atom stereocenters. The number of amides is 2. The van der Waals surface area contributed by atoms with Crippen molar-refractivity contribution in [3.63, 3.8) is 0 Å². The van der Waals surface area contributed by atoms with E-state index < -0.39 is 10.0 Å². The molecule has 1 aliphatic rings. The lowest BCUT2D eigenvalue weighted by molar-refractivity contribution is 0.0343. The van der Waals surface area contributed by atoms with E-state index in [-0.39, 0.29) is 19.1 Å². The van der Waals surface area contributed by atoms with Crippen molar-refractivity contribution >= 4 is 21.7 Å². The lowest BCUT2D eigenvalue weighted by Crippen LogP contribution is -2.37. The Morgan fingerprint density at radius 2 is 1.92 bits per heavy atom. The zero-order valence-electron chi connectivity index (χ0n) is 13.7. The molecule has 2 amide bonds. The number of sulfonamides is 1. The minimum atomic E-state index is -3.24. The first-order chi connectivity index (χ1) is 11.4. The molecular weight excluding hydrogens is 332 g/mol. The third kappa shape index (κ3) is 6.83. The molecule has 1 saturated heterocycles. The maximum absolute atomic E-state index is 11.9. The molecule has 1 fully saturated rings. The predicted molar refractivity (Wildman–Crippen MR) is 92.4 cm³/mol. The molecule has 0 spiro atoms. The predicted octanol–water partition coefficient (Wildman–Crippen LogP) is 0.190. The number of ether oxygens (including phenoxy) is 1. The lowest BCUT2D eigenvalue weighted by atomic mass is 10.1. The first-order valence-electron chi connectivity index (χ1n) is 7.81. The van der Waals surface area contributed by atoms with E-state index in [0.29, 0.717) is 0 Å². The summed E-state index contributed by atoms with van der Waals surface area (Å²) >= 11 is 0. The van der Waals surface area contributed by atoms with Crippen LogP contribution in [0.15, 0.2) is 24.3 Å². The van der Waals surface area contributed by atoms with E-state index in [4.69, 9.17) is 4.74 Å². The molecule has 0 aromatic heterocycles. The number of nitrogens with one attached hydrogen (secondary N) is 3. The van der Waals surface area contributed by atoms with Gasteiger partial charge in [-0.05, 0) is 11.6 Å². The fourth-order valence-electron chi connectivity index (χ4n) is 2.36. The monoisotopic (exact) mass is 356 g/mol. The number of anilines is 1. The third-order valence-electron chi connectivity index (χ3n) is 3.54. The van der Waals surface area contributed by atoms with Crippen molar-refractivity contribution in [2.45, 2.75) is 6.54 Å². The normalized spacial score (nSPS) is 15.9. The van der Waals surface area contributed by atoms with Crippen molar-refractivity contribution in [3.8, 4) is 0 Å². The van der Waals surface area contributed by atoms with Gasteiger partial charge in [0.1, 0.15) is 0 Å². The molecule has 0 unspecified atom stereocenters. The number of rotatable bonds is 7. The average molecular weight is 356 g/mol. The fraction of sp³-hybridized carbons (Fsp3) is 0.533. The topological polar surface area (TPSA) is 99.8 Å². The number of hydrogen-bond donors (Lipinski definition) is 3. The Balaban J connectivity index is 1.83. The fourth-order valence-corrected chi connectivity index (χ4v) is 2.83. The number of hydrogen-bond acceptors (Lipinski definition) is 5. The molecule has 0 bridgehead atoms. The second kappa shape index (κ2) is 8.97. The average Bonchev–Trinajstić information content (AvgIpc) is 2.54. The second-order valence-electron chi connectivity index (χ2n) is 5.59. The van der Waals surface area contributed by atoms with Gasteiger partial charge in [0.25, 0.3) is 0 Å². The summed E-state index contributed by atoms with van der Waals surface area (Å²) in [6.45, 7) is 4.31. The molecule has 0 radical (unpaired) electrons. The molecule has 8 nitrogen and oxygen atoms in total. The van der Waals surface area contributed by atoms with E-state index in [0.717, 1.165) is 50.4 Å². The van der Waals surface area contributed by atoms with Gasteiger partial charge in [-0.25, -0.2) is 17.9 Å². The summed E-state index contributed by atoms with van der Waals surface area (Å²) in [7, 11) is -3.24. The maximum Gasteiger partial charge on any atom is 0.319 e. The van der Waals surface area contributed by atoms with Crippen LogP contribution < -0.4 is 15.4 Å². The Kier molecular flexibility index (Phi) is 6.98. The Labute approximate surface area is 142 Å². The Morgan fingerprint density at radius 3 is 2.62 bits per heavy atom. The van der Waals surface area contributed by atoms with Crippen molar-refractivity contribution in [2.24, 2.45) is 0 Å². The van der Waals surface area contributed by atoms with Crippen LogP contribution in [0.4, 0.5) is 10.5 Å². The smallest absolute Gasteiger partial charge is 0.319 e. The zero-order valence-corrected chi connectivity index (χ0v) is 14.6. The molecule has 0 aliphatic carbocycles. The molecule has 9 heteroatoms. The molecule has 1 heterocycles. The molecule has 1 aromatic rings. The minimum Gasteiger partial charge on any atom is -0.379 e. The summed E-state index contributed by atoms with van der Waals surface area (Å²) in [5.41, 5.74) is 1.78. The number of morpholine rings is 1. The Morgan fingerprint density at radius 1 is 1.21 bits per heavy atom. The van der Waals surface area contributed by atoms with E-state index in [9.17, 15) is 13.2 Å². The standard InChI is InChI=1S/C15H24N4O4S/c1-24(21,22)17-7-6-16-15(20)18-14-5-3-2-4-13(14)12-19-8-10-23-11-9-19/h2-5,17H,6-12H2,1H3,(H2,16,18,20). The van der Waals surface area contributed by atoms with Gasteiger partial charge >= 0.3 is 6.03 Å². The van der Waals surface area contributed by atoms with Crippen molar-refractivity contribution in [2.75, 3.05) is 51.0 Å². The quantitative estimate of drug-likeness (QED) is 0.606. The van der Waals surface area contributed by atoms with Gasteiger partial charge in [0.15, 0.2) is 0 Å². The van der Waals surface area contributed by atoms with E-state index in [1.54, 1.807) is 0 Å². The third-order valence-corrected chi connectivity index (χ3v) is 4.27. The zero-order chi connectivity index (χ0) is 17.4. The van der Waals surface area contributed by atoms with Crippen LogP contribution in [0.1, 0.15) is 5.56 Å². The van der Waals surface area contributed by atoms with Gasteiger partial charge in [-0.15, -0.1) is 0 Å². The Bertz CT molecular complexity index is 645. The van der Waals surface area contributed by atoms with Gasteiger partial charge in [-0.1, -0.05) is 18.2 Å². The number of benzene rings is 1. The van der Waals surface area contributed by atoms with Crippen LogP contribution in [0.2, 0.25) is 0 Å². The molecule has 2 rings (SSSR count). The van der Waals surface area contributed by atoms with Crippen molar-refractivity contribution < 1.29 is 17.9 Å². The van der Waals surface area contributed by atoms with Crippen molar-refractivity contribution in [3.05, 3.63) is 29.8 Å². The van der Waals surface area contributed by atoms with Crippen LogP contribution in [0.5, 0.6) is 0 Å². The number of carbonyl (C=O) groups is 1. The number of para-hydroxylation sites is 1. The largest absolute Gasteiger partial charge is 0.379 e. The van der Waals surface area contributed by atoms with Crippen LogP contribution in [-0.4, -0.2) is 65.0 Å². The first-order valence-corrected chi connectivity index (χ1v) is 9.71. The molecule has 3 N–H and O–H groups in total. The maximum atomic E-state index is 11.9. The van der Waals surface area contributed by atoms with Crippen LogP contribution in [0, 0.1) is 0 Å². The highest BCUT2D eigenvalue weighted by Crippen LogP contribution is 2.17. The van der Waals surface area contributed by atoms with Gasteiger partial charge in [0, 0.05) is 38.4 Å². The molecule has 0 saturated carbocycles.